The van der Waals surface area contributed by atoms with Crippen molar-refractivity contribution in [1.29, 1.82) is 0 Å². The molecule has 0 saturated heterocycles. The van der Waals surface area contributed by atoms with Crippen molar-refractivity contribution in [2.75, 3.05) is 13.1 Å². The number of nitrogens with two attached hydrogens (primary N) is 1. The minimum atomic E-state index is -0.0844. The third-order valence-corrected chi connectivity index (χ3v) is 2.76. The van der Waals surface area contributed by atoms with Gasteiger partial charge in [-0.3, -0.25) is 9.89 Å². The standard InChI is InChI=1S/C13H17N5O/c14-7-5-10-1-3-11(4-2-10)13(19)15-8-6-12-16-9-17-18-12/h1-4,9H,5-8,14H2,(H,15,19)(H,16,17,18). The molecule has 0 aliphatic carbocycles. The molecule has 19 heavy (non-hydrogen) atoms. The SMILES string of the molecule is NCCc1ccc(C(=O)NCCc2ncn[nH]2)cc1. The van der Waals surface area contributed by atoms with Crippen molar-refractivity contribution in [3.05, 3.63) is 47.5 Å². The molecule has 0 bridgehead atoms. The topological polar surface area (TPSA) is 96.7 Å². The second-order valence-corrected chi connectivity index (χ2v) is 4.17. The van der Waals surface area contributed by atoms with Gasteiger partial charge in [-0.2, -0.15) is 5.10 Å². The molecule has 0 atom stereocenters. The van der Waals surface area contributed by atoms with E-state index in [-0.39, 0.29) is 5.91 Å². The molecule has 0 spiro atoms. The van der Waals surface area contributed by atoms with Crippen molar-refractivity contribution in [3.63, 3.8) is 0 Å². The molecule has 100 valence electrons. The summed E-state index contributed by atoms with van der Waals surface area (Å²) in [6.07, 6.45) is 2.91. The number of carbonyl (C=O) groups excluding carboxylic acids is 1. The summed E-state index contributed by atoms with van der Waals surface area (Å²) in [5.74, 6) is 0.678. The zero-order valence-electron chi connectivity index (χ0n) is 10.6. The molecule has 1 aromatic carbocycles. The number of benzene rings is 1. The first-order chi connectivity index (χ1) is 9.29. The highest BCUT2D eigenvalue weighted by Crippen LogP contribution is 2.04. The third-order valence-electron chi connectivity index (χ3n) is 2.76. The lowest BCUT2D eigenvalue weighted by Crippen LogP contribution is -2.25. The molecular formula is C13H17N5O. The van der Waals surface area contributed by atoms with Crippen LogP contribution in [0, 0.1) is 0 Å². The number of carbonyl (C=O) groups is 1. The van der Waals surface area contributed by atoms with E-state index in [1.165, 1.54) is 6.33 Å². The quantitative estimate of drug-likeness (QED) is 0.694. The van der Waals surface area contributed by atoms with E-state index in [9.17, 15) is 4.79 Å². The smallest absolute Gasteiger partial charge is 0.251 e. The van der Waals surface area contributed by atoms with E-state index in [0.717, 1.165) is 17.8 Å². The van der Waals surface area contributed by atoms with Crippen LogP contribution in [0.25, 0.3) is 0 Å². The summed E-state index contributed by atoms with van der Waals surface area (Å²) in [7, 11) is 0. The predicted molar refractivity (Wildman–Crippen MR) is 71.6 cm³/mol. The highest BCUT2D eigenvalue weighted by atomic mass is 16.1. The number of nitrogens with zero attached hydrogens (tertiary/aromatic N) is 2. The monoisotopic (exact) mass is 259 g/mol. The van der Waals surface area contributed by atoms with Gasteiger partial charge in [-0.1, -0.05) is 12.1 Å². The van der Waals surface area contributed by atoms with Gasteiger partial charge in [-0.25, -0.2) is 4.98 Å². The van der Waals surface area contributed by atoms with Crippen LogP contribution in [0.1, 0.15) is 21.7 Å². The summed E-state index contributed by atoms with van der Waals surface area (Å²) in [4.78, 5) is 15.8. The largest absolute Gasteiger partial charge is 0.352 e. The molecule has 0 aliphatic rings. The van der Waals surface area contributed by atoms with E-state index >= 15 is 0 Å². The molecule has 1 aromatic heterocycles. The minimum absolute atomic E-state index is 0.0844. The average molecular weight is 259 g/mol. The zero-order chi connectivity index (χ0) is 13.5. The van der Waals surface area contributed by atoms with Gasteiger partial charge in [0, 0.05) is 18.5 Å². The van der Waals surface area contributed by atoms with E-state index in [1.54, 1.807) is 0 Å². The maximum Gasteiger partial charge on any atom is 0.251 e. The molecule has 0 fully saturated rings. The van der Waals surface area contributed by atoms with Crippen LogP contribution in [-0.2, 0) is 12.8 Å². The van der Waals surface area contributed by atoms with Crippen molar-refractivity contribution < 1.29 is 4.79 Å². The van der Waals surface area contributed by atoms with Gasteiger partial charge in [-0.05, 0) is 30.7 Å². The number of rotatable bonds is 6. The van der Waals surface area contributed by atoms with Gasteiger partial charge in [0.05, 0.1) is 0 Å². The van der Waals surface area contributed by atoms with Crippen LogP contribution in [0.3, 0.4) is 0 Å². The lowest BCUT2D eigenvalue weighted by Gasteiger charge is -2.05. The molecule has 2 rings (SSSR count). The van der Waals surface area contributed by atoms with Gasteiger partial charge in [0.15, 0.2) is 0 Å². The minimum Gasteiger partial charge on any atom is -0.352 e. The highest BCUT2D eigenvalue weighted by molar-refractivity contribution is 5.94. The third kappa shape index (κ3) is 3.89. The Kier molecular flexibility index (Phi) is 4.63. The van der Waals surface area contributed by atoms with Crippen molar-refractivity contribution >= 4 is 5.91 Å². The highest BCUT2D eigenvalue weighted by Gasteiger charge is 2.05. The molecule has 0 radical (unpaired) electrons. The Labute approximate surface area is 111 Å². The van der Waals surface area contributed by atoms with Crippen LogP contribution in [0.5, 0.6) is 0 Å². The molecule has 6 nitrogen and oxygen atoms in total. The van der Waals surface area contributed by atoms with Gasteiger partial charge in [-0.15, -0.1) is 0 Å². The van der Waals surface area contributed by atoms with Gasteiger partial charge in [0.25, 0.3) is 5.91 Å². The summed E-state index contributed by atoms with van der Waals surface area (Å²) >= 11 is 0. The van der Waals surface area contributed by atoms with E-state index in [4.69, 9.17) is 5.73 Å². The van der Waals surface area contributed by atoms with Gasteiger partial charge < -0.3 is 11.1 Å². The molecular weight excluding hydrogens is 242 g/mol. The van der Waals surface area contributed by atoms with Gasteiger partial charge >= 0.3 is 0 Å². The summed E-state index contributed by atoms with van der Waals surface area (Å²) < 4.78 is 0. The summed E-state index contributed by atoms with van der Waals surface area (Å²) in [5.41, 5.74) is 7.27. The fourth-order valence-corrected chi connectivity index (χ4v) is 1.74. The zero-order valence-corrected chi connectivity index (χ0v) is 10.6. The maximum atomic E-state index is 11.9. The maximum absolute atomic E-state index is 11.9. The summed E-state index contributed by atoms with van der Waals surface area (Å²) in [5, 5.41) is 9.33. The molecule has 0 unspecified atom stereocenters. The summed E-state index contributed by atoms with van der Waals surface area (Å²) in [6, 6.07) is 7.49. The lowest BCUT2D eigenvalue weighted by atomic mass is 10.1. The lowest BCUT2D eigenvalue weighted by molar-refractivity contribution is 0.0954. The Hall–Kier alpha value is -2.21. The summed E-state index contributed by atoms with van der Waals surface area (Å²) in [6.45, 7) is 1.14. The first kappa shape index (κ1) is 13.2. The number of aromatic nitrogens is 3. The van der Waals surface area contributed by atoms with Crippen LogP contribution in [0.2, 0.25) is 0 Å². The molecule has 1 heterocycles. The Balaban J connectivity index is 1.82. The molecule has 1 amide bonds. The Morgan fingerprint density at radius 3 is 2.68 bits per heavy atom. The molecule has 0 aliphatic heterocycles. The van der Waals surface area contributed by atoms with Crippen LogP contribution in [0.4, 0.5) is 0 Å². The normalized spacial score (nSPS) is 10.4. The van der Waals surface area contributed by atoms with Crippen molar-refractivity contribution in [3.8, 4) is 0 Å². The van der Waals surface area contributed by atoms with E-state index in [0.29, 0.717) is 25.1 Å². The number of aromatic amines is 1. The fraction of sp³-hybridized carbons (Fsp3) is 0.308. The predicted octanol–water partition coefficient (Wildman–Crippen LogP) is 0.278. The second-order valence-electron chi connectivity index (χ2n) is 4.17. The number of nitrogens with one attached hydrogen (secondary N) is 2. The molecule has 2 aromatic rings. The van der Waals surface area contributed by atoms with Crippen LogP contribution in [-0.4, -0.2) is 34.2 Å². The molecule has 4 N–H and O–H groups in total. The van der Waals surface area contributed by atoms with Crippen LogP contribution < -0.4 is 11.1 Å². The van der Waals surface area contributed by atoms with Gasteiger partial charge in [0.2, 0.25) is 0 Å². The Morgan fingerprint density at radius 2 is 2.05 bits per heavy atom. The Bertz CT molecular complexity index is 506. The van der Waals surface area contributed by atoms with Crippen LogP contribution >= 0.6 is 0 Å². The molecule has 6 heteroatoms. The van der Waals surface area contributed by atoms with E-state index in [2.05, 4.69) is 20.5 Å². The van der Waals surface area contributed by atoms with Crippen LogP contribution in [0.15, 0.2) is 30.6 Å². The first-order valence-corrected chi connectivity index (χ1v) is 6.21. The van der Waals surface area contributed by atoms with Crippen molar-refractivity contribution in [2.45, 2.75) is 12.8 Å². The number of hydrogen-bond donors (Lipinski definition) is 3. The fourth-order valence-electron chi connectivity index (χ4n) is 1.74. The Morgan fingerprint density at radius 1 is 1.26 bits per heavy atom. The van der Waals surface area contributed by atoms with Crippen molar-refractivity contribution in [2.24, 2.45) is 5.73 Å². The van der Waals surface area contributed by atoms with Gasteiger partial charge in [0.1, 0.15) is 12.2 Å². The number of amides is 1. The number of hydrogen-bond acceptors (Lipinski definition) is 4. The average Bonchev–Trinajstić information content (AvgIpc) is 2.93. The number of H-pyrrole nitrogens is 1. The second kappa shape index (κ2) is 6.65. The van der Waals surface area contributed by atoms with E-state index in [1.807, 2.05) is 24.3 Å². The first-order valence-electron chi connectivity index (χ1n) is 6.21. The van der Waals surface area contributed by atoms with Crippen molar-refractivity contribution in [1.82, 2.24) is 20.5 Å². The van der Waals surface area contributed by atoms with E-state index < -0.39 is 0 Å². The molecule has 0 saturated carbocycles.